The molecule has 0 spiro atoms. The molecule has 2 aromatic rings. The van der Waals surface area contributed by atoms with Crippen LogP contribution in [0.1, 0.15) is 17.3 Å². The zero-order chi connectivity index (χ0) is 10.5. The van der Waals surface area contributed by atoms with Crippen LogP contribution in [0.2, 0.25) is 0 Å². The average molecular weight is 204 g/mol. The molecule has 2 aromatic heterocycles. The third kappa shape index (κ3) is 2.16. The molecule has 78 valence electrons. The number of pyridine rings is 1. The molecule has 15 heavy (non-hydrogen) atoms. The largest absolute Gasteiger partial charge is 0.319 e. The van der Waals surface area contributed by atoms with Crippen molar-refractivity contribution in [3.8, 4) is 0 Å². The van der Waals surface area contributed by atoms with Crippen LogP contribution in [0, 0.1) is 0 Å². The van der Waals surface area contributed by atoms with E-state index in [1.165, 1.54) is 0 Å². The van der Waals surface area contributed by atoms with Crippen LogP contribution in [0.4, 0.5) is 0 Å². The van der Waals surface area contributed by atoms with Gasteiger partial charge in [0.1, 0.15) is 0 Å². The molecule has 2 rings (SSSR count). The third-order valence-electron chi connectivity index (χ3n) is 2.17. The van der Waals surface area contributed by atoms with Gasteiger partial charge in [-0.25, -0.2) is 0 Å². The van der Waals surface area contributed by atoms with E-state index in [2.05, 4.69) is 30.9 Å². The lowest BCUT2D eigenvalue weighted by atomic mass is 10.0. The van der Waals surface area contributed by atoms with Crippen molar-refractivity contribution < 1.29 is 0 Å². The predicted molar refractivity (Wildman–Crippen MR) is 54.2 cm³/mol. The number of tetrazole rings is 1. The van der Waals surface area contributed by atoms with Crippen LogP contribution in [0.5, 0.6) is 0 Å². The maximum Gasteiger partial charge on any atom is 0.183 e. The first-order valence-electron chi connectivity index (χ1n) is 4.69. The monoisotopic (exact) mass is 204 g/mol. The lowest BCUT2D eigenvalue weighted by molar-refractivity contribution is 0.670. The number of H-pyrrole nitrogens is 1. The second kappa shape index (κ2) is 4.61. The Morgan fingerprint density at radius 1 is 1.53 bits per heavy atom. The molecule has 6 nitrogen and oxygen atoms in total. The SMILES string of the molecule is CNCC(c1cccnc1)c1nn[nH]n1. The predicted octanol–water partition coefficient (Wildman–Crippen LogP) is -0.0540. The molecule has 1 atom stereocenters. The molecule has 0 bridgehead atoms. The summed E-state index contributed by atoms with van der Waals surface area (Å²) in [6.07, 6.45) is 3.56. The summed E-state index contributed by atoms with van der Waals surface area (Å²) < 4.78 is 0. The Morgan fingerprint density at radius 2 is 2.47 bits per heavy atom. The summed E-state index contributed by atoms with van der Waals surface area (Å²) in [7, 11) is 1.89. The first kappa shape index (κ1) is 9.72. The number of hydrogen-bond donors (Lipinski definition) is 2. The van der Waals surface area contributed by atoms with Crippen molar-refractivity contribution in [2.24, 2.45) is 0 Å². The van der Waals surface area contributed by atoms with Gasteiger partial charge in [-0.2, -0.15) is 5.21 Å². The smallest absolute Gasteiger partial charge is 0.183 e. The van der Waals surface area contributed by atoms with Gasteiger partial charge < -0.3 is 5.32 Å². The molecule has 6 heteroatoms. The van der Waals surface area contributed by atoms with E-state index in [0.717, 1.165) is 12.1 Å². The Morgan fingerprint density at radius 3 is 3.07 bits per heavy atom. The van der Waals surface area contributed by atoms with Crippen LogP contribution < -0.4 is 5.32 Å². The Bertz CT molecular complexity index is 384. The summed E-state index contributed by atoms with van der Waals surface area (Å²) in [5.74, 6) is 0.764. The number of nitrogens with one attached hydrogen (secondary N) is 2. The van der Waals surface area contributed by atoms with Crippen LogP contribution in [0.3, 0.4) is 0 Å². The van der Waals surface area contributed by atoms with Gasteiger partial charge >= 0.3 is 0 Å². The topological polar surface area (TPSA) is 79.4 Å². The molecule has 1 unspecified atom stereocenters. The summed E-state index contributed by atoms with van der Waals surface area (Å²) >= 11 is 0. The molecule has 0 aliphatic carbocycles. The normalized spacial score (nSPS) is 12.6. The lowest BCUT2D eigenvalue weighted by Crippen LogP contribution is -2.19. The molecule has 0 saturated carbocycles. The molecule has 0 saturated heterocycles. The van der Waals surface area contributed by atoms with E-state index in [0.29, 0.717) is 5.82 Å². The Hall–Kier alpha value is -1.82. The summed E-state index contributed by atoms with van der Waals surface area (Å²) in [4.78, 5) is 4.08. The fourth-order valence-electron chi connectivity index (χ4n) is 1.46. The number of aromatic nitrogens is 5. The fraction of sp³-hybridized carbons (Fsp3) is 0.333. The van der Waals surface area contributed by atoms with Crippen molar-refractivity contribution in [1.82, 2.24) is 30.9 Å². The van der Waals surface area contributed by atoms with Gasteiger partial charge in [0.25, 0.3) is 0 Å². The van der Waals surface area contributed by atoms with E-state index < -0.39 is 0 Å². The summed E-state index contributed by atoms with van der Waals surface area (Å²) in [6, 6.07) is 3.91. The molecule has 2 N–H and O–H groups in total. The maximum atomic E-state index is 4.08. The van der Waals surface area contributed by atoms with Gasteiger partial charge in [0, 0.05) is 18.9 Å². The van der Waals surface area contributed by atoms with Gasteiger partial charge in [-0.05, 0) is 18.7 Å². The quantitative estimate of drug-likeness (QED) is 0.729. The van der Waals surface area contributed by atoms with Gasteiger partial charge in [0.2, 0.25) is 0 Å². The zero-order valence-corrected chi connectivity index (χ0v) is 8.38. The second-order valence-corrected chi connectivity index (χ2v) is 3.17. The molecule has 0 aromatic carbocycles. The van der Waals surface area contributed by atoms with E-state index in [4.69, 9.17) is 0 Å². The molecule has 2 heterocycles. The molecule has 0 radical (unpaired) electrons. The summed E-state index contributed by atoms with van der Waals surface area (Å²) in [6.45, 7) is 0.755. The molecule has 0 fully saturated rings. The number of nitrogens with zero attached hydrogens (tertiary/aromatic N) is 4. The fourth-order valence-corrected chi connectivity index (χ4v) is 1.46. The molecular formula is C9H12N6. The minimum atomic E-state index is 0.0856. The van der Waals surface area contributed by atoms with Crippen molar-refractivity contribution in [1.29, 1.82) is 0 Å². The highest BCUT2D eigenvalue weighted by atomic mass is 15.5. The van der Waals surface area contributed by atoms with Crippen molar-refractivity contribution in [2.75, 3.05) is 13.6 Å². The van der Waals surface area contributed by atoms with Crippen molar-refractivity contribution in [3.63, 3.8) is 0 Å². The molecule has 0 aliphatic heterocycles. The molecular weight excluding hydrogens is 192 g/mol. The highest BCUT2D eigenvalue weighted by molar-refractivity contribution is 5.21. The second-order valence-electron chi connectivity index (χ2n) is 3.17. The van der Waals surface area contributed by atoms with Gasteiger partial charge in [-0.1, -0.05) is 11.3 Å². The first-order valence-corrected chi connectivity index (χ1v) is 4.69. The summed E-state index contributed by atoms with van der Waals surface area (Å²) in [5.41, 5.74) is 1.08. The Balaban J connectivity index is 2.28. The maximum absolute atomic E-state index is 4.08. The third-order valence-corrected chi connectivity index (χ3v) is 2.17. The van der Waals surface area contributed by atoms with Gasteiger partial charge in [-0.3, -0.25) is 4.98 Å². The lowest BCUT2D eigenvalue weighted by Gasteiger charge is -2.11. The number of rotatable bonds is 4. The minimum Gasteiger partial charge on any atom is -0.319 e. The van der Waals surface area contributed by atoms with Crippen molar-refractivity contribution in [3.05, 3.63) is 35.9 Å². The number of likely N-dealkylation sites (N-methyl/N-ethyl adjacent to an activating group) is 1. The first-order chi connectivity index (χ1) is 7.42. The van der Waals surface area contributed by atoms with Gasteiger partial charge in [0.05, 0.1) is 5.92 Å². The number of hydrogen-bond acceptors (Lipinski definition) is 5. The standard InChI is InChI=1S/C9H12N6/c1-10-6-8(9-12-14-15-13-9)7-3-2-4-11-5-7/h2-5,8,10H,6H2,1H3,(H,12,13,14,15). The molecule has 0 amide bonds. The number of aromatic amines is 1. The van der Waals surface area contributed by atoms with Crippen LogP contribution in [0.25, 0.3) is 0 Å². The summed E-state index contributed by atoms with van der Waals surface area (Å²) in [5, 5.41) is 17.1. The van der Waals surface area contributed by atoms with E-state index in [1.54, 1.807) is 6.20 Å². The van der Waals surface area contributed by atoms with Gasteiger partial charge in [-0.15, -0.1) is 10.2 Å². The Kier molecular flexibility index (Phi) is 2.99. The Labute approximate surface area is 87.1 Å². The minimum absolute atomic E-state index is 0.0856. The highest BCUT2D eigenvalue weighted by Crippen LogP contribution is 2.18. The highest BCUT2D eigenvalue weighted by Gasteiger charge is 2.17. The van der Waals surface area contributed by atoms with Crippen LogP contribution in [-0.2, 0) is 0 Å². The van der Waals surface area contributed by atoms with E-state index in [1.807, 2.05) is 25.4 Å². The van der Waals surface area contributed by atoms with E-state index in [9.17, 15) is 0 Å². The van der Waals surface area contributed by atoms with Crippen LogP contribution >= 0.6 is 0 Å². The van der Waals surface area contributed by atoms with Gasteiger partial charge in [0.15, 0.2) is 5.82 Å². The van der Waals surface area contributed by atoms with Crippen LogP contribution in [-0.4, -0.2) is 39.2 Å². The van der Waals surface area contributed by atoms with E-state index >= 15 is 0 Å². The average Bonchev–Trinajstić information content (AvgIpc) is 2.80. The molecule has 0 aliphatic rings. The van der Waals surface area contributed by atoms with E-state index in [-0.39, 0.29) is 5.92 Å². The van der Waals surface area contributed by atoms with Crippen molar-refractivity contribution in [2.45, 2.75) is 5.92 Å². The zero-order valence-electron chi connectivity index (χ0n) is 8.38. The van der Waals surface area contributed by atoms with Crippen LogP contribution in [0.15, 0.2) is 24.5 Å². The van der Waals surface area contributed by atoms with Crippen molar-refractivity contribution >= 4 is 0 Å².